The van der Waals surface area contributed by atoms with Gasteiger partial charge in [0.1, 0.15) is 0 Å². The Morgan fingerprint density at radius 3 is 2.22 bits per heavy atom. The Morgan fingerprint density at radius 2 is 1.43 bits per heavy atom. The maximum Gasteiger partial charge on any atom is 0.0227 e. The number of nitrogens with zero attached hydrogens (tertiary/aromatic N) is 1. The summed E-state index contributed by atoms with van der Waals surface area (Å²) >= 11 is 0. The van der Waals surface area contributed by atoms with E-state index in [4.69, 9.17) is 0 Å². The summed E-state index contributed by atoms with van der Waals surface area (Å²) in [6.45, 7) is 0.985. The van der Waals surface area contributed by atoms with Gasteiger partial charge in [0.25, 0.3) is 0 Å². The van der Waals surface area contributed by atoms with E-state index in [1.165, 1.54) is 38.9 Å². The fourth-order valence-corrected chi connectivity index (χ4v) is 3.58. The highest BCUT2D eigenvalue weighted by Gasteiger charge is 2.20. The lowest BCUT2D eigenvalue weighted by molar-refractivity contribution is 0.402. The van der Waals surface area contributed by atoms with Crippen LogP contribution in [0.4, 0.5) is 0 Å². The molecule has 0 N–H and O–H groups in total. The largest absolute Gasteiger partial charge is 0.305 e. The molecule has 0 fully saturated rings. The van der Waals surface area contributed by atoms with E-state index in [2.05, 4.69) is 85.7 Å². The van der Waals surface area contributed by atoms with Crippen LogP contribution in [-0.4, -0.2) is 19.0 Å². The summed E-state index contributed by atoms with van der Waals surface area (Å²) in [4.78, 5) is 2.20. The minimum atomic E-state index is 0.985. The van der Waals surface area contributed by atoms with E-state index < -0.39 is 0 Å². The molecule has 0 saturated carbocycles. The number of benzene rings is 3. The lowest BCUT2D eigenvalue weighted by Gasteiger charge is -2.12. The van der Waals surface area contributed by atoms with Gasteiger partial charge in [-0.3, -0.25) is 0 Å². The van der Waals surface area contributed by atoms with E-state index in [1.54, 1.807) is 0 Å². The Hall–Kier alpha value is -2.38. The van der Waals surface area contributed by atoms with E-state index >= 15 is 0 Å². The molecule has 1 aliphatic carbocycles. The van der Waals surface area contributed by atoms with Crippen molar-refractivity contribution >= 4 is 0 Å². The lowest BCUT2D eigenvalue weighted by Crippen LogP contribution is -2.10. The first-order valence-corrected chi connectivity index (χ1v) is 8.16. The number of fused-ring (bicyclic) bond motifs is 3. The molecule has 3 aromatic rings. The third-order valence-electron chi connectivity index (χ3n) is 4.61. The molecule has 0 atom stereocenters. The van der Waals surface area contributed by atoms with Crippen molar-refractivity contribution in [3.63, 3.8) is 0 Å². The smallest absolute Gasteiger partial charge is 0.0227 e. The van der Waals surface area contributed by atoms with Crippen molar-refractivity contribution in [2.45, 2.75) is 13.0 Å². The molecule has 0 aromatic heterocycles. The van der Waals surface area contributed by atoms with Crippen LogP contribution >= 0.6 is 0 Å². The summed E-state index contributed by atoms with van der Waals surface area (Å²) in [5, 5.41) is 0. The molecular formula is C22H21N. The highest BCUT2D eigenvalue weighted by molar-refractivity contribution is 5.84. The van der Waals surface area contributed by atoms with E-state index in [1.807, 2.05) is 0 Å². The van der Waals surface area contributed by atoms with Crippen LogP contribution in [-0.2, 0) is 13.0 Å². The molecule has 4 rings (SSSR count). The summed E-state index contributed by atoms with van der Waals surface area (Å²) in [5.41, 5.74) is 9.75. The first kappa shape index (κ1) is 14.2. The molecule has 0 amide bonds. The number of hydrogen-bond acceptors (Lipinski definition) is 1. The van der Waals surface area contributed by atoms with Crippen LogP contribution in [0.2, 0.25) is 0 Å². The predicted molar refractivity (Wildman–Crippen MR) is 97.5 cm³/mol. The Kier molecular flexibility index (Phi) is 3.51. The fraction of sp³-hybridized carbons (Fsp3) is 0.182. The molecule has 0 aliphatic heterocycles. The maximum atomic E-state index is 2.26. The van der Waals surface area contributed by atoms with Gasteiger partial charge >= 0.3 is 0 Å². The van der Waals surface area contributed by atoms with Gasteiger partial charge in [-0.15, -0.1) is 0 Å². The van der Waals surface area contributed by atoms with Crippen LogP contribution in [0.25, 0.3) is 22.3 Å². The lowest BCUT2D eigenvalue weighted by atomic mass is 9.95. The SMILES string of the molecule is CN(C)Cc1ccc(-c2cccc3c2Cc2ccccc2-3)cc1. The van der Waals surface area contributed by atoms with Gasteiger partial charge in [0.15, 0.2) is 0 Å². The molecule has 1 heteroatoms. The fourth-order valence-electron chi connectivity index (χ4n) is 3.58. The first-order chi connectivity index (χ1) is 11.2. The third kappa shape index (κ3) is 2.58. The third-order valence-corrected chi connectivity index (χ3v) is 4.61. The van der Waals surface area contributed by atoms with Crippen molar-refractivity contribution in [1.29, 1.82) is 0 Å². The molecule has 3 aromatic carbocycles. The Balaban J connectivity index is 1.74. The molecular weight excluding hydrogens is 278 g/mol. The van der Waals surface area contributed by atoms with Crippen LogP contribution in [0.1, 0.15) is 16.7 Å². The van der Waals surface area contributed by atoms with E-state index in [9.17, 15) is 0 Å². The van der Waals surface area contributed by atoms with Gasteiger partial charge in [0.2, 0.25) is 0 Å². The second-order valence-electron chi connectivity index (χ2n) is 6.60. The second-order valence-corrected chi connectivity index (χ2v) is 6.60. The number of rotatable bonds is 3. The summed E-state index contributed by atoms with van der Waals surface area (Å²) in [7, 11) is 4.21. The van der Waals surface area contributed by atoms with Gasteiger partial charge in [-0.05, 0) is 59.5 Å². The van der Waals surface area contributed by atoms with Gasteiger partial charge in [0, 0.05) is 6.54 Å². The van der Waals surface area contributed by atoms with Crippen molar-refractivity contribution in [2.75, 3.05) is 14.1 Å². The predicted octanol–water partition coefficient (Wildman–Crippen LogP) is 4.99. The highest BCUT2D eigenvalue weighted by atomic mass is 15.0. The van der Waals surface area contributed by atoms with Gasteiger partial charge in [0.05, 0.1) is 0 Å². The van der Waals surface area contributed by atoms with Gasteiger partial charge in [-0.2, -0.15) is 0 Å². The standard InChI is InChI=1S/C22H21N/c1-23(2)15-16-10-12-17(13-11-16)19-8-5-9-21-20-7-4-3-6-18(20)14-22(19)21/h3-13H,14-15H2,1-2H3. The minimum absolute atomic E-state index is 0.985. The van der Waals surface area contributed by atoms with Crippen molar-refractivity contribution in [2.24, 2.45) is 0 Å². The van der Waals surface area contributed by atoms with E-state index in [0.29, 0.717) is 0 Å². The summed E-state index contributed by atoms with van der Waals surface area (Å²) < 4.78 is 0. The number of hydrogen-bond donors (Lipinski definition) is 0. The molecule has 0 spiro atoms. The molecule has 0 heterocycles. The Morgan fingerprint density at radius 1 is 0.739 bits per heavy atom. The highest BCUT2D eigenvalue weighted by Crippen LogP contribution is 2.41. The maximum absolute atomic E-state index is 2.26. The van der Waals surface area contributed by atoms with Crippen LogP contribution in [0.15, 0.2) is 66.7 Å². The average molecular weight is 299 g/mol. The van der Waals surface area contributed by atoms with Crippen LogP contribution < -0.4 is 0 Å². The zero-order chi connectivity index (χ0) is 15.8. The average Bonchev–Trinajstić information content (AvgIpc) is 2.94. The van der Waals surface area contributed by atoms with Crippen molar-refractivity contribution in [1.82, 2.24) is 4.90 Å². The van der Waals surface area contributed by atoms with Crippen LogP contribution in [0.3, 0.4) is 0 Å². The molecule has 23 heavy (non-hydrogen) atoms. The topological polar surface area (TPSA) is 3.24 Å². The second kappa shape index (κ2) is 5.68. The molecule has 0 saturated heterocycles. The zero-order valence-electron chi connectivity index (χ0n) is 13.7. The van der Waals surface area contributed by atoms with E-state index in [0.717, 1.165) is 13.0 Å². The quantitative estimate of drug-likeness (QED) is 0.515. The first-order valence-electron chi connectivity index (χ1n) is 8.16. The molecule has 0 radical (unpaired) electrons. The van der Waals surface area contributed by atoms with Crippen LogP contribution in [0.5, 0.6) is 0 Å². The summed E-state index contributed by atoms with van der Waals surface area (Å²) in [6, 6.07) is 24.5. The van der Waals surface area contributed by atoms with E-state index in [-0.39, 0.29) is 0 Å². The van der Waals surface area contributed by atoms with Gasteiger partial charge in [-0.25, -0.2) is 0 Å². The Labute approximate surface area is 138 Å². The van der Waals surface area contributed by atoms with Gasteiger partial charge in [-0.1, -0.05) is 66.7 Å². The minimum Gasteiger partial charge on any atom is -0.305 e. The normalized spacial score (nSPS) is 12.3. The molecule has 114 valence electrons. The molecule has 1 aliphatic rings. The Bertz CT molecular complexity index is 844. The molecule has 0 bridgehead atoms. The van der Waals surface area contributed by atoms with Crippen molar-refractivity contribution < 1.29 is 0 Å². The van der Waals surface area contributed by atoms with Crippen molar-refractivity contribution in [3.8, 4) is 22.3 Å². The summed E-state index contributed by atoms with van der Waals surface area (Å²) in [6.07, 6.45) is 1.04. The molecule has 0 unspecified atom stereocenters. The zero-order valence-corrected chi connectivity index (χ0v) is 13.7. The van der Waals surface area contributed by atoms with Crippen LogP contribution in [0, 0.1) is 0 Å². The van der Waals surface area contributed by atoms with Crippen molar-refractivity contribution in [3.05, 3.63) is 83.4 Å². The summed E-state index contributed by atoms with van der Waals surface area (Å²) in [5.74, 6) is 0. The monoisotopic (exact) mass is 299 g/mol. The van der Waals surface area contributed by atoms with Gasteiger partial charge < -0.3 is 4.90 Å². The molecule has 1 nitrogen and oxygen atoms in total.